The largest absolute Gasteiger partial charge is 0.490 e. The highest BCUT2D eigenvalue weighted by molar-refractivity contribution is 5.75. The second-order valence-corrected chi connectivity index (χ2v) is 4.97. The lowest BCUT2D eigenvalue weighted by atomic mass is 10.2. The number of hydrogen-bond acceptors (Lipinski definition) is 3. The number of nitrogens with zero attached hydrogens (tertiary/aromatic N) is 2. The van der Waals surface area contributed by atoms with Crippen LogP contribution < -0.4 is 10.1 Å². The Bertz CT molecular complexity index is 592. The lowest BCUT2D eigenvalue weighted by Crippen LogP contribution is -2.25. The summed E-state index contributed by atoms with van der Waals surface area (Å²) in [5, 5.41) is 2.93. The maximum Gasteiger partial charge on any atom is 0.220 e. The molecule has 0 saturated heterocycles. The minimum absolute atomic E-state index is 0.121. The summed E-state index contributed by atoms with van der Waals surface area (Å²) >= 11 is 0. The molecule has 0 aliphatic carbocycles. The van der Waals surface area contributed by atoms with Gasteiger partial charge in [-0.3, -0.25) is 4.79 Å². The molecule has 0 radical (unpaired) electrons. The second kappa shape index (κ2) is 7.67. The van der Waals surface area contributed by atoms with Crippen LogP contribution in [-0.4, -0.2) is 28.4 Å². The maximum atomic E-state index is 11.5. The molecule has 2 aromatic heterocycles. The molecule has 0 aromatic carbocycles. The van der Waals surface area contributed by atoms with Gasteiger partial charge in [-0.15, -0.1) is 0 Å². The highest BCUT2D eigenvalue weighted by Crippen LogP contribution is 2.18. The van der Waals surface area contributed by atoms with Crippen molar-refractivity contribution < 1.29 is 9.53 Å². The molecule has 21 heavy (non-hydrogen) atoms. The summed E-state index contributed by atoms with van der Waals surface area (Å²) in [6, 6.07) is 3.86. The minimum atomic E-state index is 0.121. The van der Waals surface area contributed by atoms with Gasteiger partial charge in [0.05, 0.1) is 12.3 Å². The number of aromatic nitrogens is 2. The molecule has 2 rings (SSSR count). The minimum Gasteiger partial charge on any atom is -0.490 e. The molecule has 0 aliphatic rings. The van der Waals surface area contributed by atoms with Crippen LogP contribution in [0.5, 0.6) is 5.75 Å². The van der Waals surface area contributed by atoms with Gasteiger partial charge in [0, 0.05) is 31.8 Å². The van der Waals surface area contributed by atoms with Gasteiger partial charge in [-0.2, -0.15) is 0 Å². The summed E-state index contributed by atoms with van der Waals surface area (Å²) in [7, 11) is 0. The summed E-state index contributed by atoms with van der Waals surface area (Å²) in [4.78, 5) is 16.1. The lowest BCUT2D eigenvalue weighted by molar-refractivity contribution is -0.121. The molecule has 0 atom stereocenters. The first kappa shape index (κ1) is 15.4. The van der Waals surface area contributed by atoms with E-state index in [1.165, 1.54) is 0 Å². The van der Waals surface area contributed by atoms with Crippen molar-refractivity contribution in [1.29, 1.82) is 0 Å². The fourth-order valence-corrected chi connectivity index (χ4v) is 2.18. The fourth-order valence-electron chi connectivity index (χ4n) is 2.18. The number of carbonyl (C=O) groups is 1. The highest BCUT2D eigenvalue weighted by atomic mass is 16.5. The Balaban J connectivity index is 1.94. The van der Waals surface area contributed by atoms with Gasteiger partial charge >= 0.3 is 0 Å². The number of fused-ring (bicyclic) bond motifs is 1. The Labute approximate surface area is 125 Å². The molecule has 0 bridgehead atoms. The average molecular weight is 289 g/mol. The van der Waals surface area contributed by atoms with Crippen molar-refractivity contribution in [3.05, 3.63) is 30.2 Å². The van der Waals surface area contributed by atoms with E-state index in [2.05, 4.69) is 17.2 Å². The third kappa shape index (κ3) is 4.21. The van der Waals surface area contributed by atoms with Gasteiger partial charge in [-0.05, 0) is 25.5 Å². The van der Waals surface area contributed by atoms with Crippen LogP contribution in [0, 0.1) is 0 Å². The van der Waals surface area contributed by atoms with E-state index in [4.69, 9.17) is 4.74 Å². The standard InChI is InChI=1S/C16H23N3O2/c1-3-5-8-15(20)17-10-9-13-12-19-11-6-7-14(21-4-2)16(19)18-13/h6-7,11-12H,3-5,8-10H2,1-2H3,(H,17,20). The van der Waals surface area contributed by atoms with Crippen molar-refractivity contribution in [3.8, 4) is 5.75 Å². The van der Waals surface area contributed by atoms with Crippen molar-refractivity contribution in [3.63, 3.8) is 0 Å². The zero-order valence-electron chi connectivity index (χ0n) is 12.8. The van der Waals surface area contributed by atoms with E-state index in [0.717, 1.165) is 36.4 Å². The smallest absolute Gasteiger partial charge is 0.220 e. The van der Waals surface area contributed by atoms with Gasteiger partial charge in [0.1, 0.15) is 0 Å². The highest BCUT2D eigenvalue weighted by Gasteiger charge is 2.07. The normalized spacial score (nSPS) is 10.8. The van der Waals surface area contributed by atoms with Crippen LogP contribution in [0.1, 0.15) is 38.8 Å². The number of ether oxygens (including phenoxy) is 1. The third-order valence-electron chi connectivity index (χ3n) is 3.26. The van der Waals surface area contributed by atoms with Crippen LogP contribution in [0.3, 0.4) is 0 Å². The molecule has 2 heterocycles. The summed E-state index contributed by atoms with van der Waals surface area (Å²) in [5.74, 6) is 0.911. The van der Waals surface area contributed by atoms with Gasteiger partial charge in [0.15, 0.2) is 11.4 Å². The first-order chi connectivity index (χ1) is 10.2. The fraction of sp³-hybridized carbons (Fsp3) is 0.500. The first-order valence-electron chi connectivity index (χ1n) is 7.60. The molecule has 0 aliphatic heterocycles. The molecule has 0 saturated carbocycles. The van der Waals surface area contributed by atoms with Crippen molar-refractivity contribution >= 4 is 11.6 Å². The molecule has 1 amide bonds. The van der Waals surface area contributed by atoms with Crippen molar-refractivity contribution in [1.82, 2.24) is 14.7 Å². The Morgan fingerprint density at radius 3 is 3.05 bits per heavy atom. The SMILES string of the molecule is CCCCC(=O)NCCc1cn2cccc(OCC)c2n1. The molecule has 0 spiro atoms. The molecule has 1 N–H and O–H groups in total. The molecule has 2 aromatic rings. The van der Waals surface area contributed by atoms with Gasteiger partial charge < -0.3 is 14.5 Å². The number of imidazole rings is 1. The van der Waals surface area contributed by atoms with Crippen LogP contribution in [0.25, 0.3) is 5.65 Å². The quantitative estimate of drug-likeness (QED) is 0.812. The first-order valence-corrected chi connectivity index (χ1v) is 7.60. The third-order valence-corrected chi connectivity index (χ3v) is 3.26. The predicted molar refractivity (Wildman–Crippen MR) is 82.6 cm³/mol. The van der Waals surface area contributed by atoms with Gasteiger partial charge in [0.2, 0.25) is 5.91 Å². The number of nitrogens with one attached hydrogen (secondary N) is 1. The predicted octanol–water partition coefficient (Wildman–Crippen LogP) is 2.58. The summed E-state index contributed by atoms with van der Waals surface area (Å²) in [6.45, 7) is 5.28. The van der Waals surface area contributed by atoms with Crippen LogP contribution in [0.15, 0.2) is 24.5 Å². The van der Waals surface area contributed by atoms with E-state index in [1.54, 1.807) is 0 Å². The molecule has 5 nitrogen and oxygen atoms in total. The zero-order chi connectivity index (χ0) is 15.1. The number of hydrogen-bond donors (Lipinski definition) is 1. The lowest BCUT2D eigenvalue weighted by Gasteiger charge is -2.03. The maximum absolute atomic E-state index is 11.5. The number of unbranched alkanes of at least 4 members (excludes halogenated alkanes) is 1. The molecular formula is C16H23N3O2. The van der Waals surface area contributed by atoms with Gasteiger partial charge in [-0.25, -0.2) is 4.98 Å². The Hall–Kier alpha value is -2.04. The Kier molecular flexibility index (Phi) is 5.60. The van der Waals surface area contributed by atoms with Crippen LogP contribution >= 0.6 is 0 Å². The molecule has 0 fully saturated rings. The molecular weight excluding hydrogens is 266 g/mol. The van der Waals surface area contributed by atoms with E-state index in [1.807, 2.05) is 35.9 Å². The molecule has 114 valence electrons. The monoisotopic (exact) mass is 289 g/mol. The van der Waals surface area contributed by atoms with E-state index < -0.39 is 0 Å². The summed E-state index contributed by atoms with van der Waals surface area (Å²) < 4.78 is 7.52. The number of rotatable bonds is 8. The Morgan fingerprint density at radius 1 is 1.43 bits per heavy atom. The van der Waals surface area contributed by atoms with E-state index >= 15 is 0 Å². The van der Waals surface area contributed by atoms with Crippen molar-refractivity contribution in [2.45, 2.75) is 39.5 Å². The molecule has 0 unspecified atom stereocenters. The van der Waals surface area contributed by atoms with Gasteiger partial charge in [-0.1, -0.05) is 13.3 Å². The van der Waals surface area contributed by atoms with Crippen LogP contribution in [-0.2, 0) is 11.2 Å². The topological polar surface area (TPSA) is 55.6 Å². The van der Waals surface area contributed by atoms with E-state index in [0.29, 0.717) is 19.6 Å². The van der Waals surface area contributed by atoms with Gasteiger partial charge in [0.25, 0.3) is 0 Å². The molecule has 5 heteroatoms. The summed E-state index contributed by atoms with van der Waals surface area (Å²) in [5.41, 5.74) is 1.78. The van der Waals surface area contributed by atoms with E-state index in [-0.39, 0.29) is 5.91 Å². The van der Waals surface area contributed by atoms with Crippen molar-refractivity contribution in [2.75, 3.05) is 13.2 Å². The summed E-state index contributed by atoms with van der Waals surface area (Å²) in [6.07, 6.45) is 7.25. The number of amides is 1. The zero-order valence-corrected chi connectivity index (χ0v) is 12.8. The number of carbonyl (C=O) groups excluding carboxylic acids is 1. The van der Waals surface area contributed by atoms with E-state index in [9.17, 15) is 4.79 Å². The second-order valence-electron chi connectivity index (χ2n) is 4.97. The van der Waals surface area contributed by atoms with Crippen LogP contribution in [0.2, 0.25) is 0 Å². The van der Waals surface area contributed by atoms with Crippen LogP contribution in [0.4, 0.5) is 0 Å². The number of pyridine rings is 1. The Morgan fingerprint density at radius 2 is 2.29 bits per heavy atom. The average Bonchev–Trinajstić information content (AvgIpc) is 2.89. The van der Waals surface area contributed by atoms with Crippen molar-refractivity contribution in [2.24, 2.45) is 0 Å².